The van der Waals surface area contributed by atoms with Gasteiger partial charge in [-0.2, -0.15) is 0 Å². The number of hydrogen-bond donors (Lipinski definition) is 2. The summed E-state index contributed by atoms with van der Waals surface area (Å²) in [7, 11) is 0. The summed E-state index contributed by atoms with van der Waals surface area (Å²) in [4.78, 5) is 19.8. The average molecular weight is 318 g/mol. The Balaban J connectivity index is 1.79. The van der Waals surface area contributed by atoms with Crippen LogP contribution < -0.4 is 5.32 Å². The van der Waals surface area contributed by atoms with Crippen LogP contribution in [0.2, 0.25) is 4.34 Å². The van der Waals surface area contributed by atoms with E-state index >= 15 is 0 Å². The van der Waals surface area contributed by atoms with E-state index in [1.807, 2.05) is 0 Å². The van der Waals surface area contributed by atoms with Crippen LogP contribution in [0.1, 0.15) is 25.4 Å². The van der Waals surface area contributed by atoms with Crippen molar-refractivity contribution in [3.8, 4) is 0 Å². The number of carboxylic acid groups (broad SMARTS) is 1. The second kappa shape index (κ2) is 6.42. The van der Waals surface area contributed by atoms with Crippen LogP contribution in [0, 0.1) is 6.92 Å². The number of hydrogen-bond acceptors (Lipinski definition) is 6. The minimum absolute atomic E-state index is 0.159. The van der Waals surface area contributed by atoms with Crippen molar-refractivity contribution in [1.29, 1.82) is 0 Å². The Hall–Kier alpha value is -1.02. The molecule has 2 N–H and O–H groups in total. The number of halogens is 1. The smallest absolute Gasteiger partial charge is 0.355 e. The number of thiazole rings is 2. The van der Waals surface area contributed by atoms with Crippen molar-refractivity contribution in [2.24, 2.45) is 0 Å². The number of aromatic carboxylic acids is 1. The fourth-order valence-electron chi connectivity index (χ4n) is 1.52. The first kappa shape index (κ1) is 14.4. The molecule has 2 rings (SSSR count). The average Bonchev–Trinajstić information content (AvgIpc) is 2.91. The Labute approximate surface area is 123 Å². The number of aromatic nitrogens is 2. The molecule has 0 saturated carbocycles. The Morgan fingerprint density at radius 3 is 2.84 bits per heavy atom. The van der Waals surface area contributed by atoms with Crippen molar-refractivity contribution in [3.63, 3.8) is 0 Å². The molecule has 0 radical (unpaired) electrons. The van der Waals surface area contributed by atoms with E-state index in [4.69, 9.17) is 16.7 Å². The lowest BCUT2D eigenvalue weighted by Crippen LogP contribution is -2.16. The number of carboxylic acids is 1. The monoisotopic (exact) mass is 317 g/mol. The van der Waals surface area contributed by atoms with E-state index in [9.17, 15) is 4.79 Å². The van der Waals surface area contributed by atoms with Crippen LogP contribution >= 0.6 is 34.3 Å². The van der Waals surface area contributed by atoms with Gasteiger partial charge in [-0.25, -0.2) is 14.8 Å². The molecule has 0 amide bonds. The summed E-state index contributed by atoms with van der Waals surface area (Å²) >= 11 is 8.66. The highest BCUT2D eigenvalue weighted by atomic mass is 35.5. The fourth-order valence-corrected chi connectivity index (χ4v) is 3.37. The van der Waals surface area contributed by atoms with Crippen molar-refractivity contribution < 1.29 is 9.90 Å². The first-order chi connectivity index (χ1) is 9.06. The molecule has 0 fully saturated rings. The fraction of sp³-hybridized carbons (Fsp3) is 0.364. The summed E-state index contributed by atoms with van der Waals surface area (Å²) in [6, 6.07) is 0. The Morgan fingerprint density at radius 2 is 2.26 bits per heavy atom. The Bertz CT molecular complexity index is 582. The zero-order valence-electron chi connectivity index (χ0n) is 10.1. The summed E-state index contributed by atoms with van der Waals surface area (Å²) in [6.07, 6.45) is 2.34. The van der Waals surface area contributed by atoms with Crippen LogP contribution in [0.5, 0.6) is 0 Å². The topological polar surface area (TPSA) is 75.1 Å². The van der Waals surface area contributed by atoms with E-state index in [-0.39, 0.29) is 5.69 Å². The Kier molecular flexibility index (Phi) is 4.87. The number of rotatable bonds is 6. The molecule has 8 heteroatoms. The quantitative estimate of drug-likeness (QED) is 0.801. The highest BCUT2D eigenvalue weighted by Crippen LogP contribution is 2.19. The van der Waals surface area contributed by atoms with Crippen LogP contribution in [-0.2, 0) is 13.0 Å². The van der Waals surface area contributed by atoms with Gasteiger partial charge in [-0.3, -0.25) is 0 Å². The van der Waals surface area contributed by atoms with Crippen molar-refractivity contribution in [2.75, 3.05) is 6.54 Å². The van der Waals surface area contributed by atoms with Gasteiger partial charge in [-0.1, -0.05) is 11.6 Å². The molecule has 0 unspecified atom stereocenters. The number of carbonyl (C=O) groups is 1. The van der Waals surface area contributed by atoms with Crippen LogP contribution in [0.15, 0.2) is 6.20 Å². The van der Waals surface area contributed by atoms with Gasteiger partial charge in [-0.05, 0) is 6.92 Å². The largest absolute Gasteiger partial charge is 0.476 e. The van der Waals surface area contributed by atoms with Gasteiger partial charge in [0.2, 0.25) is 0 Å². The van der Waals surface area contributed by atoms with Gasteiger partial charge in [0.1, 0.15) is 9.34 Å². The zero-order chi connectivity index (χ0) is 13.8. The van der Waals surface area contributed by atoms with Crippen molar-refractivity contribution in [1.82, 2.24) is 15.3 Å². The van der Waals surface area contributed by atoms with E-state index in [0.29, 0.717) is 17.3 Å². The highest BCUT2D eigenvalue weighted by molar-refractivity contribution is 7.15. The molecule has 0 atom stereocenters. The van der Waals surface area contributed by atoms with Gasteiger partial charge in [0.25, 0.3) is 0 Å². The van der Waals surface area contributed by atoms with Gasteiger partial charge < -0.3 is 10.4 Å². The first-order valence-electron chi connectivity index (χ1n) is 5.57. The minimum atomic E-state index is -0.967. The van der Waals surface area contributed by atoms with E-state index in [1.165, 1.54) is 22.7 Å². The van der Waals surface area contributed by atoms with E-state index in [0.717, 1.165) is 21.4 Å². The molecular formula is C11H12ClN3O2S2. The molecule has 0 aliphatic heterocycles. The van der Waals surface area contributed by atoms with E-state index < -0.39 is 5.97 Å². The molecule has 0 aliphatic carbocycles. The predicted octanol–water partition coefficient (Wildman–Crippen LogP) is 2.59. The van der Waals surface area contributed by atoms with E-state index in [1.54, 1.807) is 13.1 Å². The number of nitrogens with zero attached hydrogens (tertiary/aromatic N) is 2. The Morgan fingerprint density at radius 1 is 1.47 bits per heavy atom. The third-order valence-corrected chi connectivity index (χ3v) is 4.51. The van der Waals surface area contributed by atoms with Crippen LogP contribution in [0.3, 0.4) is 0 Å². The second-order valence-electron chi connectivity index (χ2n) is 3.80. The summed E-state index contributed by atoms with van der Waals surface area (Å²) in [5.74, 6) is -0.967. The molecule has 0 bridgehead atoms. The maximum atomic E-state index is 10.9. The zero-order valence-corrected chi connectivity index (χ0v) is 12.5. The van der Waals surface area contributed by atoms with Gasteiger partial charge in [0, 0.05) is 24.4 Å². The third kappa shape index (κ3) is 3.97. The van der Waals surface area contributed by atoms with Crippen molar-refractivity contribution in [3.05, 3.63) is 31.1 Å². The summed E-state index contributed by atoms with van der Waals surface area (Å²) in [6.45, 7) is 3.16. The molecule has 2 aromatic rings. The lowest BCUT2D eigenvalue weighted by atomic mass is 10.4. The maximum absolute atomic E-state index is 10.9. The number of nitrogens with one attached hydrogen (secondary N) is 1. The first-order valence-corrected chi connectivity index (χ1v) is 7.58. The standard InChI is InChI=1S/C11H12ClN3O2S2/c1-6-10(11(16)17)15-8(18-6)2-3-13-5-9-14-4-7(12)19-9/h4,13H,2-3,5H2,1H3,(H,16,17). The molecule has 102 valence electrons. The highest BCUT2D eigenvalue weighted by Gasteiger charge is 2.13. The molecule has 0 aromatic carbocycles. The van der Waals surface area contributed by atoms with Crippen LogP contribution in [0.25, 0.3) is 0 Å². The van der Waals surface area contributed by atoms with Gasteiger partial charge in [0.15, 0.2) is 5.69 Å². The van der Waals surface area contributed by atoms with Gasteiger partial charge in [0.05, 0.1) is 11.2 Å². The van der Waals surface area contributed by atoms with Gasteiger partial charge in [-0.15, -0.1) is 22.7 Å². The molecule has 5 nitrogen and oxygen atoms in total. The molecule has 2 heterocycles. The van der Waals surface area contributed by atoms with E-state index in [2.05, 4.69) is 15.3 Å². The molecule has 0 aliphatic rings. The van der Waals surface area contributed by atoms with Crippen molar-refractivity contribution >= 4 is 40.2 Å². The summed E-state index contributed by atoms with van der Waals surface area (Å²) in [5, 5.41) is 13.9. The predicted molar refractivity (Wildman–Crippen MR) is 76.3 cm³/mol. The second-order valence-corrected chi connectivity index (χ2v) is 6.84. The third-order valence-electron chi connectivity index (χ3n) is 2.36. The lowest BCUT2D eigenvalue weighted by Gasteiger charge is -1.99. The van der Waals surface area contributed by atoms with Gasteiger partial charge >= 0.3 is 5.97 Å². The maximum Gasteiger partial charge on any atom is 0.355 e. The minimum Gasteiger partial charge on any atom is -0.476 e. The number of aryl methyl sites for hydroxylation is 1. The van der Waals surface area contributed by atoms with Crippen molar-refractivity contribution in [2.45, 2.75) is 19.9 Å². The normalized spacial score (nSPS) is 10.8. The molecule has 2 aromatic heterocycles. The summed E-state index contributed by atoms with van der Waals surface area (Å²) in [5.41, 5.74) is 0.159. The molecule has 0 spiro atoms. The van der Waals surface area contributed by atoms with Crippen LogP contribution in [-0.4, -0.2) is 27.6 Å². The SMILES string of the molecule is Cc1sc(CCNCc2ncc(Cl)s2)nc1C(=O)O. The summed E-state index contributed by atoms with van der Waals surface area (Å²) < 4.78 is 0.679. The molecular weight excluding hydrogens is 306 g/mol. The lowest BCUT2D eigenvalue weighted by molar-refractivity contribution is 0.0690. The molecule has 0 saturated heterocycles. The van der Waals surface area contributed by atoms with Crippen LogP contribution in [0.4, 0.5) is 0 Å². The molecule has 19 heavy (non-hydrogen) atoms.